The van der Waals surface area contributed by atoms with Crippen molar-refractivity contribution in [2.24, 2.45) is 0 Å². The number of anilines is 1. The van der Waals surface area contributed by atoms with Gasteiger partial charge in [-0.25, -0.2) is 13.2 Å². The van der Waals surface area contributed by atoms with E-state index in [1.165, 1.54) is 34.1 Å². The van der Waals surface area contributed by atoms with Gasteiger partial charge < -0.3 is 5.32 Å². The smallest absolute Gasteiger partial charge is 0.320 e. The highest BCUT2D eigenvalue weighted by atomic mass is 32.2. The second kappa shape index (κ2) is 8.40. The van der Waals surface area contributed by atoms with Gasteiger partial charge in [-0.2, -0.15) is 0 Å². The van der Waals surface area contributed by atoms with Gasteiger partial charge in [-0.3, -0.25) is 13.9 Å². The number of aromatic nitrogens is 2. The number of hydrogen-bond donors (Lipinski definition) is 1. The van der Waals surface area contributed by atoms with Crippen LogP contribution in [0.1, 0.15) is 29.1 Å². The molecule has 1 N–H and O–H groups in total. The van der Waals surface area contributed by atoms with Crippen molar-refractivity contribution in [1.82, 2.24) is 9.13 Å². The molecular formula is C23H23N3O4S2. The molecule has 7 nitrogen and oxygen atoms in total. The van der Waals surface area contributed by atoms with Crippen molar-refractivity contribution in [3.63, 3.8) is 0 Å². The predicted molar refractivity (Wildman–Crippen MR) is 126 cm³/mol. The maximum absolute atomic E-state index is 13.6. The van der Waals surface area contributed by atoms with Crippen LogP contribution < -0.4 is 11.0 Å². The summed E-state index contributed by atoms with van der Waals surface area (Å²) in [6, 6.07) is 13.0. The van der Waals surface area contributed by atoms with Gasteiger partial charge in [0.05, 0.1) is 31.4 Å². The summed E-state index contributed by atoms with van der Waals surface area (Å²) < 4.78 is 30.2. The standard InChI is InChI=1S/C23H23N3O4S2/c1-4-25-18-13-17(24-22(27)21-15(3)11-12-31-21)20(14-19(18)26(5-2)23(25)28)32(29,30)16-9-7-6-8-10-16/h6-14H,4-5H2,1-3H3,(H,24,27). The van der Waals surface area contributed by atoms with Crippen LogP contribution in [0.5, 0.6) is 0 Å². The van der Waals surface area contributed by atoms with Crippen molar-refractivity contribution in [1.29, 1.82) is 0 Å². The lowest BCUT2D eigenvalue weighted by Gasteiger charge is -2.14. The molecule has 4 rings (SSSR count). The summed E-state index contributed by atoms with van der Waals surface area (Å²) in [6.45, 7) is 6.33. The second-order valence-electron chi connectivity index (χ2n) is 7.31. The molecule has 1 amide bonds. The first-order valence-electron chi connectivity index (χ1n) is 10.2. The lowest BCUT2D eigenvalue weighted by molar-refractivity contribution is 0.103. The fourth-order valence-electron chi connectivity index (χ4n) is 3.78. The maximum atomic E-state index is 13.6. The number of imidazole rings is 1. The number of carbonyl (C=O) groups is 1. The Morgan fingerprint density at radius 2 is 1.62 bits per heavy atom. The Balaban J connectivity index is 1.99. The lowest BCUT2D eigenvalue weighted by Crippen LogP contribution is -2.23. The number of thiophene rings is 1. The average molecular weight is 470 g/mol. The molecule has 0 unspecified atom stereocenters. The van der Waals surface area contributed by atoms with Crippen molar-refractivity contribution >= 4 is 43.8 Å². The molecule has 2 aromatic heterocycles. The Labute approximate surface area is 189 Å². The van der Waals surface area contributed by atoms with E-state index in [0.29, 0.717) is 29.0 Å². The van der Waals surface area contributed by atoms with Crippen molar-refractivity contribution in [3.05, 3.63) is 74.8 Å². The fraction of sp³-hybridized carbons (Fsp3) is 0.217. The van der Waals surface area contributed by atoms with E-state index in [1.807, 2.05) is 32.2 Å². The Bertz CT molecular complexity index is 1480. The summed E-state index contributed by atoms with van der Waals surface area (Å²) in [4.78, 5) is 26.4. The van der Waals surface area contributed by atoms with E-state index < -0.39 is 9.84 Å². The van der Waals surface area contributed by atoms with Crippen LogP contribution >= 0.6 is 11.3 Å². The summed E-state index contributed by atoms with van der Waals surface area (Å²) in [6.07, 6.45) is 0. The molecule has 0 saturated heterocycles. The Morgan fingerprint density at radius 3 is 2.19 bits per heavy atom. The molecule has 0 spiro atoms. The van der Waals surface area contributed by atoms with Gasteiger partial charge in [0.1, 0.15) is 0 Å². The molecule has 2 heterocycles. The molecule has 0 atom stereocenters. The van der Waals surface area contributed by atoms with Crippen LogP contribution in [0, 0.1) is 6.92 Å². The largest absolute Gasteiger partial charge is 0.329 e. The van der Waals surface area contributed by atoms with Gasteiger partial charge in [-0.1, -0.05) is 18.2 Å². The fourth-order valence-corrected chi connectivity index (χ4v) is 6.04. The molecule has 0 fully saturated rings. The summed E-state index contributed by atoms with van der Waals surface area (Å²) >= 11 is 1.29. The third kappa shape index (κ3) is 3.57. The van der Waals surface area contributed by atoms with Gasteiger partial charge in [-0.05, 0) is 62.0 Å². The summed E-state index contributed by atoms with van der Waals surface area (Å²) in [7, 11) is -3.96. The summed E-state index contributed by atoms with van der Waals surface area (Å²) in [5.74, 6) is -0.387. The van der Waals surface area contributed by atoms with Crippen LogP contribution in [-0.4, -0.2) is 23.5 Å². The lowest BCUT2D eigenvalue weighted by atomic mass is 10.2. The summed E-state index contributed by atoms with van der Waals surface area (Å²) in [5, 5.41) is 4.60. The molecule has 4 aromatic rings. The topological polar surface area (TPSA) is 90.2 Å². The van der Waals surface area contributed by atoms with Gasteiger partial charge in [0.2, 0.25) is 9.84 Å². The molecule has 2 aromatic carbocycles. The van der Waals surface area contributed by atoms with Crippen LogP contribution in [0.3, 0.4) is 0 Å². The van der Waals surface area contributed by atoms with Crippen LogP contribution in [-0.2, 0) is 22.9 Å². The average Bonchev–Trinajstić information content (AvgIpc) is 3.33. The van der Waals surface area contributed by atoms with Gasteiger partial charge >= 0.3 is 5.69 Å². The quantitative estimate of drug-likeness (QED) is 0.456. The number of hydrogen-bond acceptors (Lipinski definition) is 5. The Hall–Kier alpha value is -3.17. The molecule has 0 radical (unpaired) electrons. The first-order valence-corrected chi connectivity index (χ1v) is 12.6. The minimum absolute atomic E-state index is 0.0470. The van der Waals surface area contributed by atoms with Crippen molar-refractivity contribution < 1.29 is 13.2 Å². The zero-order chi connectivity index (χ0) is 23.0. The molecular weight excluding hydrogens is 446 g/mol. The van der Waals surface area contributed by atoms with Crippen molar-refractivity contribution in [3.8, 4) is 0 Å². The number of nitrogens with zero attached hydrogens (tertiary/aromatic N) is 2. The Kier molecular flexibility index (Phi) is 5.79. The molecule has 0 bridgehead atoms. The number of sulfone groups is 1. The van der Waals surface area contributed by atoms with Crippen molar-refractivity contribution in [2.45, 2.75) is 43.7 Å². The highest BCUT2D eigenvalue weighted by Crippen LogP contribution is 2.33. The van der Waals surface area contributed by atoms with Crippen LogP contribution in [0.2, 0.25) is 0 Å². The van der Waals surface area contributed by atoms with E-state index in [2.05, 4.69) is 5.32 Å². The molecule has 0 aliphatic rings. The maximum Gasteiger partial charge on any atom is 0.329 e. The number of carbonyl (C=O) groups excluding carboxylic acids is 1. The predicted octanol–water partition coefficient (Wildman–Crippen LogP) is 4.30. The number of amides is 1. The van der Waals surface area contributed by atoms with Gasteiger partial charge in [0.15, 0.2) is 0 Å². The normalized spacial score (nSPS) is 11.7. The van der Waals surface area contributed by atoms with E-state index in [0.717, 1.165) is 5.56 Å². The third-order valence-corrected chi connectivity index (χ3v) is 8.24. The number of benzene rings is 2. The van der Waals surface area contributed by atoms with Crippen LogP contribution in [0.15, 0.2) is 68.5 Å². The van der Waals surface area contributed by atoms with E-state index in [-0.39, 0.29) is 27.1 Å². The first-order chi connectivity index (χ1) is 15.3. The monoisotopic (exact) mass is 469 g/mol. The number of nitrogens with one attached hydrogen (secondary N) is 1. The van der Waals surface area contributed by atoms with Crippen LogP contribution in [0.25, 0.3) is 11.0 Å². The van der Waals surface area contributed by atoms with E-state index in [9.17, 15) is 18.0 Å². The van der Waals surface area contributed by atoms with Gasteiger partial charge in [-0.15, -0.1) is 11.3 Å². The zero-order valence-electron chi connectivity index (χ0n) is 18.0. The van der Waals surface area contributed by atoms with Gasteiger partial charge in [0, 0.05) is 13.1 Å². The van der Waals surface area contributed by atoms with Gasteiger partial charge in [0.25, 0.3) is 5.91 Å². The molecule has 0 aliphatic carbocycles. The second-order valence-corrected chi connectivity index (χ2v) is 10.1. The minimum Gasteiger partial charge on any atom is -0.320 e. The molecule has 9 heteroatoms. The Morgan fingerprint density at radius 1 is 1.00 bits per heavy atom. The van der Waals surface area contributed by atoms with E-state index in [1.54, 1.807) is 28.8 Å². The number of fused-ring (bicyclic) bond motifs is 1. The third-order valence-electron chi connectivity index (χ3n) is 5.41. The summed E-state index contributed by atoms with van der Waals surface area (Å²) in [5.41, 5.74) is 1.83. The number of rotatable bonds is 6. The molecule has 32 heavy (non-hydrogen) atoms. The highest BCUT2D eigenvalue weighted by molar-refractivity contribution is 7.91. The van der Waals surface area contributed by atoms with Crippen molar-refractivity contribution in [2.75, 3.05) is 5.32 Å². The highest BCUT2D eigenvalue weighted by Gasteiger charge is 2.26. The van der Waals surface area contributed by atoms with E-state index >= 15 is 0 Å². The molecule has 0 aliphatic heterocycles. The first kappa shape index (κ1) is 22.0. The molecule has 0 saturated carbocycles. The SMILES string of the molecule is CCn1c(=O)n(CC)c2cc(S(=O)(=O)c3ccccc3)c(NC(=O)c3sccc3C)cc21. The van der Waals surface area contributed by atoms with Crippen LogP contribution in [0.4, 0.5) is 5.69 Å². The van der Waals surface area contributed by atoms with E-state index in [4.69, 9.17) is 0 Å². The number of aryl methyl sites for hydroxylation is 3. The molecule has 166 valence electrons. The minimum atomic E-state index is -3.96. The zero-order valence-corrected chi connectivity index (χ0v) is 19.6.